The van der Waals surface area contributed by atoms with Gasteiger partial charge in [0.2, 0.25) is 0 Å². The van der Waals surface area contributed by atoms with Gasteiger partial charge >= 0.3 is 0 Å². The number of halogens is 3. The van der Waals surface area contributed by atoms with Gasteiger partial charge in [0.1, 0.15) is 11.9 Å². The van der Waals surface area contributed by atoms with E-state index in [2.05, 4.69) is 5.32 Å². The molecule has 1 unspecified atom stereocenters. The fourth-order valence-corrected chi connectivity index (χ4v) is 1.05. The van der Waals surface area contributed by atoms with Gasteiger partial charge < -0.3 is 5.32 Å². The van der Waals surface area contributed by atoms with Crippen molar-refractivity contribution in [1.82, 2.24) is 5.32 Å². The Morgan fingerprint density at radius 3 is 2.29 bits per heavy atom. The molecule has 1 rings (SSSR count). The lowest BCUT2D eigenvalue weighted by Gasteiger charge is -2.09. The van der Waals surface area contributed by atoms with Gasteiger partial charge in [0, 0.05) is 11.6 Å². The van der Waals surface area contributed by atoms with Crippen molar-refractivity contribution in [2.75, 3.05) is 7.05 Å². The number of benzene rings is 1. The molecule has 0 saturated carbocycles. The van der Waals surface area contributed by atoms with Crippen LogP contribution in [0.5, 0.6) is 0 Å². The van der Waals surface area contributed by atoms with E-state index in [1.807, 2.05) is 0 Å². The summed E-state index contributed by atoms with van der Waals surface area (Å²) >= 11 is 0. The van der Waals surface area contributed by atoms with E-state index in [1.54, 1.807) is 6.07 Å². The molecule has 14 heavy (non-hydrogen) atoms. The molecule has 0 saturated heterocycles. The van der Waals surface area contributed by atoms with Gasteiger partial charge in [-0.3, -0.25) is 0 Å². The summed E-state index contributed by atoms with van der Waals surface area (Å²) in [5.41, 5.74) is -0.200. The first-order chi connectivity index (χ1) is 6.60. The minimum Gasteiger partial charge on any atom is -0.301 e. The molecule has 0 aliphatic rings. The Hall–Kier alpha value is -1.54. The molecule has 5 heteroatoms. The number of rotatable bonds is 2. The highest BCUT2D eigenvalue weighted by atomic mass is 19.2. The molecular formula is C9H7F3N2. The van der Waals surface area contributed by atoms with Crippen LogP contribution in [0.15, 0.2) is 12.1 Å². The van der Waals surface area contributed by atoms with Gasteiger partial charge in [-0.2, -0.15) is 5.26 Å². The lowest BCUT2D eigenvalue weighted by atomic mass is 10.1. The number of hydrogen-bond donors (Lipinski definition) is 1. The van der Waals surface area contributed by atoms with Crippen LogP contribution in [0.4, 0.5) is 13.2 Å². The van der Waals surface area contributed by atoms with Gasteiger partial charge in [-0.25, -0.2) is 13.2 Å². The molecule has 2 nitrogen and oxygen atoms in total. The van der Waals surface area contributed by atoms with Crippen molar-refractivity contribution in [2.45, 2.75) is 6.04 Å². The zero-order valence-corrected chi connectivity index (χ0v) is 7.31. The predicted octanol–water partition coefficient (Wildman–Crippen LogP) is 1.89. The van der Waals surface area contributed by atoms with Gasteiger partial charge in [0.15, 0.2) is 11.6 Å². The van der Waals surface area contributed by atoms with Crippen LogP contribution >= 0.6 is 0 Å². The first kappa shape index (κ1) is 10.5. The SMILES string of the molecule is CNC(C#N)c1cc(F)c(F)cc1F. The maximum Gasteiger partial charge on any atom is 0.161 e. The van der Waals surface area contributed by atoms with E-state index in [1.165, 1.54) is 7.05 Å². The molecule has 74 valence electrons. The van der Waals surface area contributed by atoms with E-state index in [0.29, 0.717) is 12.1 Å². The fraction of sp³-hybridized carbons (Fsp3) is 0.222. The van der Waals surface area contributed by atoms with E-state index in [4.69, 9.17) is 5.26 Å². The van der Waals surface area contributed by atoms with Gasteiger partial charge in [-0.05, 0) is 13.1 Å². The Balaban J connectivity index is 3.22. The van der Waals surface area contributed by atoms with Crippen molar-refractivity contribution in [3.63, 3.8) is 0 Å². The van der Waals surface area contributed by atoms with Crippen LogP contribution in [0.2, 0.25) is 0 Å². The molecule has 0 radical (unpaired) electrons. The molecule has 1 aromatic rings. The third-order valence-electron chi connectivity index (χ3n) is 1.77. The molecule has 0 bridgehead atoms. The topological polar surface area (TPSA) is 35.8 Å². The Labute approximate surface area is 79.0 Å². The second kappa shape index (κ2) is 4.11. The van der Waals surface area contributed by atoms with Crippen LogP contribution in [-0.4, -0.2) is 7.05 Å². The van der Waals surface area contributed by atoms with E-state index >= 15 is 0 Å². The summed E-state index contributed by atoms with van der Waals surface area (Å²) in [5.74, 6) is -3.37. The van der Waals surface area contributed by atoms with Crippen molar-refractivity contribution in [3.05, 3.63) is 35.1 Å². The average Bonchev–Trinajstić information content (AvgIpc) is 2.15. The van der Waals surface area contributed by atoms with Gasteiger partial charge in [-0.1, -0.05) is 0 Å². The van der Waals surface area contributed by atoms with Crippen LogP contribution in [0, 0.1) is 28.8 Å². The molecule has 1 N–H and O–H groups in total. The standard InChI is InChI=1S/C9H7F3N2/c1-14-9(4-13)5-2-7(11)8(12)3-6(5)10/h2-3,9,14H,1H3. The summed E-state index contributed by atoms with van der Waals surface area (Å²) in [6.45, 7) is 0. The first-order valence-corrected chi connectivity index (χ1v) is 3.81. The maximum absolute atomic E-state index is 13.1. The molecule has 0 aliphatic heterocycles. The Bertz CT molecular complexity index is 384. The highest BCUT2D eigenvalue weighted by Crippen LogP contribution is 2.19. The van der Waals surface area contributed by atoms with Crippen LogP contribution in [0.1, 0.15) is 11.6 Å². The highest BCUT2D eigenvalue weighted by Gasteiger charge is 2.16. The van der Waals surface area contributed by atoms with Crippen LogP contribution in [0.25, 0.3) is 0 Å². The zero-order valence-electron chi connectivity index (χ0n) is 7.31. The number of nitrogens with one attached hydrogen (secondary N) is 1. The third kappa shape index (κ3) is 1.86. The summed E-state index contributed by atoms with van der Waals surface area (Å²) < 4.78 is 38.3. The van der Waals surface area contributed by atoms with E-state index in [-0.39, 0.29) is 5.56 Å². The molecule has 1 aromatic carbocycles. The number of nitriles is 1. The second-order valence-electron chi connectivity index (χ2n) is 2.64. The largest absolute Gasteiger partial charge is 0.301 e. The molecule has 0 aromatic heterocycles. The minimum atomic E-state index is -1.26. The Morgan fingerprint density at radius 2 is 1.79 bits per heavy atom. The van der Waals surface area contributed by atoms with Crippen molar-refractivity contribution >= 4 is 0 Å². The first-order valence-electron chi connectivity index (χ1n) is 3.81. The monoisotopic (exact) mass is 200 g/mol. The van der Waals surface area contributed by atoms with Crippen molar-refractivity contribution < 1.29 is 13.2 Å². The average molecular weight is 200 g/mol. The van der Waals surface area contributed by atoms with E-state index in [9.17, 15) is 13.2 Å². The quantitative estimate of drug-likeness (QED) is 0.740. The lowest BCUT2D eigenvalue weighted by molar-refractivity contribution is 0.485. The molecule has 0 fully saturated rings. The van der Waals surface area contributed by atoms with Crippen molar-refractivity contribution in [3.8, 4) is 6.07 Å². The van der Waals surface area contributed by atoms with Gasteiger partial charge in [0.05, 0.1) is 6.07 Å². The van der Waals surface area contributed by atoms with Gasteiger partial charge in [-0.15, -0.1) is 0 Å². The predicted molar refractivity (Wildman–Crippen MR) is 43.7 cm³/mol. The van der Waals surface area contributed by atoms with Crippen molar-refractivity contribution in [2.24, 2.45) is 0 Å². The highest BCUT2D eigenvalue weighted by molar-refractivity contribution is 5.27. The third-order valence-corrected chi connectivity index (χ3v) is 1.77. The second-order valence-corrected chi connectivity index (χ2v) is 2.64. The minimum absolute atomic E-state index is 0.200. The normalized spacial score (nSPS) is 12.2. The number of nitrogens with zero attached hydrogens (tertiary/aromatic N) is 1. The van der Waals surface area contributed by atoms with E-state index < -0.39 is 23.5 Å². The van der Waals surface area contributed by atoms with Crippen LogP contribution in [-0.2, 0) is 0 Å². The Morgan fingerprint density at radius 1 is 1.21 bits per heavy atom. The summed E-state index contributed by atoms with van der Waals surface area (Å²) in [6, 6.07) is 1.83. The smallest absolute Gasteiger partial charge is 0.161 e. The van der Waals surface area contributed by atoms with E-state index in [0.717, 1.165) is 0 Å². The zero-order chi connectivity index (χ0) is 10.7. The maximum atomic E-state index is 13.1. The molecule has 0 spiro atoms. The fourth-order valence-electron chi connectivity index (χ4n) is 1.05. The molecule has 0 amide bonds. The van der Waals surface area contributed by atoms with Gasteiger partial charge in [0.25, 0.3) is 0 Å². The van der Waals surface area contributed by atoms with Crippen molar-refractivity contribution in [1.29, 1.82) is 5.26 Å². The molecule has 0 heterocycles. The Kier molecular flexibility index (Phi) is 3.10. The summed E-state index contributed by atoms with van der Waals surface area (Å²) in [7, 11) is 1.43. The molecular weight excluding hydrogens is 193 g/mol. The van der Waals surface area contributed by atoms with Crippen LogP contribution in [0.3, 0.4) is 0 Å². The summed E-state index contributed by atoms with van der Waals surface area (Å²) in [4.78, 5) is 0. The number of hydrogen-bond acceptors (Lipinski definition) is 2. The lowest BCUT2D eigenvalue weighted by Crippen LogP contribution is -2.16. The summed E-state index contributed by atoms with van der Waals surface area (Å²) in [5, 5.41) is 11.0. The molecule has 1 atom stereocenters. The summed E-state index contributed by atoms with van der Waals surface area (Å²) in [6.07, 6.45) is 0. The molecule has 0 aliphatic carbocycles. The van der Waals surface area contributed by atoms with Crippen LogP contribution < -0.4 is 5.32 Å².